The van der Waals surface area contributed by atoms with Gasteiger partial charge >= 0.3 is 0 Å². The van der Waals surface area contributed by atoms with E-state index in [1.165, 1.54) is 0 Å². The van der Waals surface area contributed by atoms with E-state index in [-0.39, 0.29) is 11.8 Å². The number of piperidine rings is 1. The molecule has 1 fully saturated rings. The van der Waals surface area contributed by atoms with Gasteiger partial charge in [-0.2, -0.15) is 0 Å². The Hall–Kier alpha value is -2.73. The van der Waals surface area contributed by atoms with E-state index < -0.39 is 0 Å². The van der Waals surface area contributed by atoms with Crippen molar-refractivity contribution in [2.24, 2.45) is 11.8 Å². The van der Waals surface area contributed by atoms with Crippen LogP contribution in [0.4, 0.5) is 11.4 Å². The Kier molecular flexibility index (Phi) is 6.54. The number of amides is 2. The summed E-state index contributed by atoms with van der Waals surface area (Å²) < 4.78 is 0. The number of aromatic nitrogens is 1. The molecule has 0 aliphatic carbocycles. The normalized spacial score (nSPS) is 15.7. The van der Waals surface area contributed by atoms with E-state index in [0.717, 1.165) is 25.9 Å². The SMILES string of the molecule is CC(CC(=O)Nc1cccc(NC(=O)c2ccncc2)c1)C1CCNCC1. The number of hydrogen-bond donors (Lipinski definition) is 3. The highest BCUT2D eigenvalue weighted by Gasteiger charge is 2.22. The molecule has 3 rings (SSSR count). The lowest BCUT2D eigenvalue weighted by atomic mass is 9.84. The minimum Gasteiger partial charge on any atom is -0.326 e. The topological polar surface area (TPSA) is 83.1 Å². The number of nitrogens with one attached hydrogen (secondary N) is 3. The fraction of sp³-hybridized carbons (Fsp3) is 0.381. The number of pyridine rings is 1. The predicted molar refractivity (Wildman–Crippen MR) is 107 cm³/mol. The molecule has 0 radical (unpaired) electrons. The van der Waals surface area contributed by atoms with Crippen LogP contribution < -0.4 is 16.0 Å². The first-order valence-electron chi connectivity index (χ1n) is 9.44. The molecule has 1 atom stereocenters. The van der Waals surface area contributed by atoms with E-state index in [0.29, 0.717) is 35.2 Å². The molecule has 0 spiro atoms. The van der Waals surface area contributed by atoms with Crippen molar-refractivity contribution in [3.8, 4) is 0 Å². The van der Waals surface area contributed by atoms with Crippen molar-refractivity contribution in [1.29, 1.82) is 0 Å². The highest BCUT2D eigenvalue weighted by Crippen LogP contribution is 2.25. The van der Waals surface area contributed by atoms with Gasteiger partial charge in [0.25, 0.3) is 5.91 Å². The molecule has 6 nitrogen and oxygen atoms in total. The van der Waals surface area contributed by atoms with Crippen LogP contribution in [0.2, 0.25) is 0 Å². The lowest BCUT2D eigenvalue weighted by molar-refractivity contribution is -0.117. The largest absolute Gasteiger partial charge is 0.326 e. The zero-order valence-corrected chi connectivity index (χ0v) is 15.6. The third kappa shape index (κ3) is 5.62. The fourth-order valence-corrected chi connectivity index (χ4v) is 3.47. The second-order valence-electron chi connectivity index (χ2n) is 7.09. The first kappa shape index (κ1) is 19.0. The Bertz CT molecular complexity index is 773. The average Bonchev–Trinajstić information content (AvgIpc) is 2.69. The van der Waals surface area contributed by atoms with Gasteiger partial charge in [0.2, 0.25) is 5.91 Å². The van der Waals surface area contributed by atoms with Gasteiger partial charge < -0.3 is 16.0 Å². The number of benzene rings is 1. The van der Waals surface area contributed by atoms with E-state index in [4.69, 9.17) is 0 Å². The van der Waals surface area contributed by atoms with Gasteiger partial charge in [-0.1, -0.05) is 13.0 Å². The monoisotopic (exact) mass is 366 g/mol. The molecule has 1 aliphatic heterocycles. The number of anilines is 2. The number of nitrogens with zero attached hydrogens (tertiary/aromatic N) is 1. The summed E-state index contributed by atoms with van der Waals surface area (Å²) in [4.78, 5) is 28.5. The first-order valence-corrected chi connectivity index (χ1v) is 9.44. The fourth-order valence-electron chi connectivity index (χ4n) is 3.47. The molecule has 6 heteroatoms. The second-order valence-corrected chi connectivity index (χ2v) is 7.09. The summed E-state index contributed by atoms with van der Waals surface area (Å²) in [7, 11) is 0. The molecule has 1 aromatic carbocycles. The van der Waals surface area contributed by atoms with Gasteiger partial charge in [0.15, 0.2) is 0 Å². The molecule has 1 saturated heterocycles. The molecular weight excluding hydrogens is 340 g/mol. The maximum Gasteiger partial charge on any atom is 0.255 e. The van der Waals surface area contributed by atoms with E-state index in [1.807, 2.05) is 12.1 Å². The minimum atomic E-state index is -0.208. The van der Waals surface area contributed by atoms with Crippen molar-refractivity contribution < 1.29 is 9.59 Å². The standard InChI is InChI=1S/C21H26N4O2/c1-15(16-5-9-22-10-6-16)13-20(26)24-18-3-2-4-19(14-18)25-21(27)17-7-11-23-12-8-17/h2-4,7-8,11-12,14-16,22H,5-6,9-10,13H2,1H3,(H,24,26)(H,25,27). The molecule has 3 N–H and O–H groups in total. The van der Waals surface area contributed by atoms with E-state index in [9.17, 15) is 9.59 Å². The first-order chi connectivity index (χ1) is 13.1. The van der Waals surface area contributed by atoms with Crippen LogP contribution >= 0.6 is 0 Å². The summed E-state index contributed by atoms with van der Waals surface area (Å²) in [5.74, 6) is 0.767. The number of rotatable bonds is 6. The molecule has 1 unspecified atom stereocenters. The van der Waals surface area contributed by atoms with Gasteiger partial charge in [0.05, 0.1) is 0 Å². The molecule has 1 aromatic heterocycles. The van der Waals surface area contributed by atoms with Crippen LogP contribution in [0.3, 0.4) is 0 Å². The summed E-state index contributed by atoms with van der Waals surface area (Å²) in [6, 6.07) is 10.5. The third-order valence-corrected chi connectivity index (χ3v) is 5.04. The van der Waals surface area contributed by atoms with Gasteiger partial charge in [-0.15, -0.1) is 0 Å². The van der Waals surface area contributed by atoms with E-state index >= 15 is 0 Å². The summed E-state index contributed by atoms with van der Waals surface area (Å²) >= 11 is 0. The lowest BCUT2D eigenvalue weighted by Crippen LogP contribution is -2.32. The minimum absolute atomic E-state index is 0.0126. The number of carbonyl (C=O) groups is 2. The van der Waals surface area contributed by atoms with Crippen LogP contribution in [0.15, 0.2) is 48.8 Å². The van der Waals surface area contributed by atoms with Gasteiger partial charge in [-0.3, -0.25) is 14.6 Å². The Morgan fingerprint density at radius 1 is 1.11 bits per heavy atom. The lowest BCUT2D eigenvalue weighted by Gasteiger charge is -2.27. The average molecular weight is 366 g/mol. The van der Waals surface area contributed by atoms with Crippen molar-refractivity contribution in [3.63, 3.8) is 0 Å². The van der Waals surface area contributed by atoms with E-state index in [2.05, 4.69) is 27.9 Å². The molecular formula is C21H26N4O2. The number of hydrogen-bond acceptors (Lipinski definition) is 4. The zero-order chi connectivity index (χ0) is 19.1. The van der Waals surface area contributed by atoms with Gasteiger partial charge in [-0.05, 0) is 68.1 Å². The molecule has 142 valence electrons. The van der Waals surface area contributed by atoms with Crippen LogP contribution in [-0.2, 0) is 4.79 Å². The summed E-state index contributed by atoms with van der Waals surface area (Å²) in [5, 5.41) is 9.15. The molecule has 1 aliphatic rings. The Labute approximate surface area is 159 Å². The van der Waals surface area contributed by atoms with Crippen LogP contribution in [-0.4, -0.2) is 29.9 Å². The van der Waals surface area contributed by atoms with Crippen molar-refractivity contribution >= 4 is 23.2 Å². The predicted octanol–water partition coefficient (Wildman–Crippen LogP) is 3.30. The summed E-state index contributed by atoms with van der Waals surface area (Å²) in [5.41, 5.74) is 1.86. The molecule has 0 bridgehead atoms. The quantitative estimate of drug-likeness (QED) is 0.732. The van der Waals surface area contributed by atoms with Crippen LogP contribution in [0.5, 0.6) is 0 Å². The van der Waals surface area contributed by atoms with Crippen molar-refractivity contribution in [1.82, 2.24) is 10.3 Å². The Morgan fingerprint density at radius 3 is 2.48 bits per heavy atom. The van der Waals surface area contributed by atoms with Gasteiger partial charge in [-0.25, -0.2) is 0 Å². The third-order valence-electron chi connectivity index (χ3n) is 5.04. The zero-order valence-electron chi connectivity index (χ0n) is 15.6. The van der Waals surface area contributed by atoms with Crippen molar-refractivity contribution in [3.05, 3.63) is 54.4 Å². The Morgan fingerprint density at radius 2 is 1.78 bits per heavy atom. The number of carbonyl (C=O) groups excluding carboxylic acids is 2. The highest BCUT2D eigenvalue weighted by molar-refractivity contribution is 6.04. The molecule has 2 amide bonds. The molecule has 27 heavy (non-hydrogen) atoms. The van der Waals surface area contributed by atoms with Crippen molar-refractivity contribution in [2.75, 3.05) is 23.7 Å². The van der Waals surface area contributed by atoms with E-state index in [1.54, 1.807) is 36.7 Å². The second kappa shape index (κ2) is 9.28. The smallest absolute Gasteiger partial charge is 0.255 e. The van der Waals surface area contributed by atoms with Crippen LogP contribution in [0.25, 0.3) is 0 Å². The summed E-state index contributed by atoms with van der Waals surface area (Å²) in [6.07, 6.45) is 5.93. The maximum absolute atomic E-state index is 12.4. The van der Waals surface area contributed by atoms with Crippen LogP contribution in [0, 0.1) is 11.8 Å². The molecule has 0 saturated carbocycles. The van der Waals surface area contributed by atoms with Crippen molar-refractivity contribution in [2.45, 2.75) is 26.2 Å². The maximum atomic E-state index is 12.4. The molecule has 2 aromatic rings. The highest BCUT2D eigenvalue weighted by atomic mass is 16.2. The summed E-state index contributed by atoms with van der Waals surface area (Å²) in [6.45, 7) is 4.23. The Balaban J connectivity index is 1.55. The van der Waals surface area contributed by atoms with Crippen LogP contribution in [0.1, 0.15) is 36.5 Å². The van der Waals surface area contributed by atoms with Gasteiger partial charge in [0.1, 0.15) is 0 Å². The molecule has 2 heterocycles. The van der Waals surface area contributed by atoms with Gasteiger partial charge in [0, 0.05) is 35.8 Å².